The first-order valence-electron chi connectivity index (χ1n) is 17.2. The van der Waals surface area contributed by atoms with Crippen LogP contribution in [-0.4, -0.2) is 96.7 Å². The highest BCUT2D eigenvalue weighted by Gasteiger charge is 2.26. The summed E-state index contributed by atoms with van der Waals surface area (Å²) in [6, 6.07) is 16.6. The van der Waals surface area contributed by atoms with Gasteiger partial charge in [0, 0.05) is 11.3 Å². The molecular weight excluding hydrogens is 993 g/mol. The summed E-state index contributed by atoms with van der Waals surface area (Å²) in [6.45, 7) is -1.75. The van der Waals surface area contributed by atoms with Gasteiger partial charge in [0.15, 0.2) is 25.4 Å². The van der Waals surface area contributed by atoms with E-state index >= 15 is 0 Å². The maximum atomic E-state index is 13.0. The number of nitrogens with zero attached hydrogens (tertiary/aromatic N) is 4. The number of phenols is 1. The van der Waals surface area contributed by atoms with Crippen LogP contribution in [0.5, 0.6) is 5.75 Å². The van der Waals surface area contributed by atoms with Gasteiger partial charge in [0.2, 0.25) is 0 Å². The van der Waals surface area contributed by atoms with Gasteiger partial charge in [0.05, 0.1) is 73.9 Å². The molecule has 5 rings (SSSR count). The molecular formula is C33H30N6O20S6. The molecule has 0 atom stereocenters. The molecule has 0 saturated heterocycles. The molecule has 65 heavy (non-hydrogen) atoms. The van der Waals surface area contributed by atoms with Crippen LogP contribution in [-0.2, 0) is 68.3 Å². The number of benzene rings is 5. The van der Waals surface area contributed by atoms with Crippen LogP contribution >= 0.6 is 12.0 Å². The van der Waals surface area contributed by atoms with E-state index in [1.54, 1.807) is 0 Å². The molecule has 0 aliphatic rings. The van der Waals surface area contributed by atoms with Gasteiger partial charge in [0.1, 0.15) is 16.3 Å². The molecule has 0 saturated carbocycles. The van der Waals surface area contributed by atoms with Crippen LogP contribution in [0.25, 0.3) is 10.8 Å². The maximum Gasteiger partial charge on any atom is 0.397 e. The number of hydrogen-bond acceptors (Lipinski definition) is 23. The van der Waals surface area contributed by atoms with Crippen LogP contribution in [0.2, 0.25) is 0 Å². The molecule has 0 fully saturated rings. The van der Waals surface area contributed by atoms with E-state index in [9.17, 15) is 56.5 Å². The highest BCUT2D eigenvalue weighted by atomic mass is 32.3. The normalized spacial score (nSPS) is 12.9. The molecule has 1 amide bonds. The number of sulfone groups is 2. The van der Waals surface area contributed by atoms with Crippen molar-refractivity contribution in [1.82, 2.24) is 0 Å². The van der Waals surface area contributed by atoms with Crippen molar-refractivity contribution >= 4 is 113 Å². The molecule has 0 bridgehead atoms. The zero-order valence-electron chi connectivity index (χ0n) is 32.1. The van der Waals surface area contributed by atoms with Crippen LogP contribution in [0, 0.1) is 0 Å². The first-order chi connectivity index (χ1) is 30.3. The van der Waals surface area contributed by atoms with E-state index in [-0.39, 0.29) is 60.1 Å². The van der Waals surface area contributed by atoms with Gasteiger partial charge in [-0.05, 0) is 84.2 Å². The van der Waals surface area contributed by atoms with Gasteiger partial charge in [-0.15, -0.1) is 14.6 Å². The summed E-state index contributed by atoms with van der Waals surface area (Å²) in [5, 5.41) is 41.7. The zero-order chi connectivity index (χ0) is 48.0. The Morgan fingerprint density at radius 3 is 1.75 bits per heavy atom. The van der Waals surface area contributed by atoms with E-state index < -0.39 is 109 Å². The topological polar surface area (TPSA) is 413 Å². The van der Waals surface area contributed by atoms with E-state index in [0.29, 0.717) is 0 Å². The predicted molar refractivity (Wildman–Crippen MR) is 225 cm³/mol. The number of rotatable bonds is 20. The molecule has 348 valence electrons. The second-order valence-corrected chi connectivity index (χ2v) is 21.1. The van der Waals surface area contributed by atoms with Gasteiger partial charge < -0.3 is 16.2 Å². The van der Waals surface area contributed by atoms with Gasteiger partial charge in [-0.25, -0.2) is 30.5 Å². The number of nitrogens with one attached hydrogen (secondary N) is 1. The predicted octanol–water partition coefficient (Wildman–Crippen LogP) is 5.07. The zero-order valence-corrected chi connectivity index (χ0v) is 37.0. The van der Waals surface area contributed by atoms with Crippen molar-refractivity contribution in [3.63, 3.8) is 0 Å². The monoisotopic (exact) mass is 1020 g/mol. The Morgan fingerprint density at radius 1 is 0.677 bits per heavy atom. The molecule has 0 aromatic heterocycles. The van der Waals surface area contributed by atoms with Gasteiger partial charge in [-0.1, -0.05) is 11.1 Å². The fraction of sp³-hybridized carbons (Fsp3) is 0.121. The number of azo groups is 2. The van der Waals surface area contributed by atoms with E-state index in [4.69, 9.17) is 20.1 Å². The number of nitrogen functional groups attached to an aromatic ring is 1. The summed E-state index contributed by atoms with van der Waals surface area (Å²) >= 11 is 0.265. The number of anilines is 2. The fourth-order valence-electron chi connectivity index (χ4n) is 5.34. The van der Waals surface area contributed by atoms with Gasteiger partial charge >= 0.3 is 20.8 Å². The first-order valence-corrected chi connectivity index (χ1v) is 25.4. The number of amides is 1. The summed E-state index contributed by atoms with van der Waals surface area (Å²) in [5.41, 5.74) is 4.71. The lowest BCUT2D eigenvalue weighted by atomic mass is 10.1. The Bertz CT molecular complexity index is 3260. The molecule has 0 spiro atoms. The minimum atomic E-state index is -5.13. The minimum absolute atomic E-state index is 0.0441. The summed E-state index contributed by atoms with van der Waals surface area (Å²) in [7, 11) is -23.1. The van der Waals surface area contributed by atoms with Crippen molar-refractivity contribution in [2.24, 2.45) is 20.5 Å². The standard InChI is InChI=1S/C33H30N6O20S6/c34-29-28-20(17-27(63(47,48)49)31(29)39-37-22-8-10-24(11-9-22)61(43,44)14-12-56-64(50,51)52)16-26(60-59-58-42)30(32(28)40)38-36-21-6-4-19(5-7-21)33(41)35-23-2-1-3-25(18-23)62(45,46)15-13-57-65(53,54)55/h1-11,16-18,40,42H,12-15,34H2,(H,35,41)(H,47,48,49)(H,50,51,52)(H,53,54,55). The molecule has 5 aromatic carbocycles. The summed E-state index contributed by atoms with van der Waals surface area (Å²) in [5.74, 6) is -3.12. The third-order valence-electron chi connectivity index (χ3n) is 8.22. The average molecular weight is 1020 g/mol. The Balaban J connectivity index is 1.42. The lowest BCUT2D eigenvalue weighted by Crippen LogP contribution is -2.16. The molecule has 0 aliphatic carbocycles. The first kappa shape index (κ1) is 50.4. The highest BCUT2D eigenvalue weighted by Crippen LogP contribution is 2.49. The quantitative estimate of drug-likeness (QED) is 0.0133. The van der Waals surface area contributed by atoms with Crippen molar-refractivity contribution in [1.29, 1.82) is 0 Å². The summed E-state index contributed by atoms with van der Waals surface area (Å²) < 4.78 is 158. The van der Waals surface area contributed by atoms with E-state index in [1.807, 2.05) is 0 Å². The molecule has 0 radical (unpaired) electrons. The Labute approximate surface area is 372 Å². The number of aromatic hydroxyl groups is 1. The molecule has 26 nitrogen and oxygen atoms in total. The fourth-order valence-corrected chi connectivity index (χ4v) is 9.53. The van der Waals surface area contributed by atoms with Crippen LogP contribution in [0.1, 0.15) is 10.4 Å². The van der Waals surface area contributed by atoms with E-state index in [1.165, 1.54) is 42.5 Å². The lowest BCUT2D eigenvalue weighted by molar-refractivity contribution is -0.432. The Hall–Kier alpha value is -5.59. The summed E-state index contributed by atoms with van der Waals surface area (Å²) in [4.78, 5) is 11.3. The molecule has 0 unspecified atom stereocenters. The minimum Gasteiger partial charge on any atom is -0.505 e. The number of carbonyl (C=O) groups is 1. The van der Waals surface area contributed by atoms with Crippen molar-refractivity contribution < 1.29 is 88.6 Å². The van der Waals surface area contributed by atoms with Gasteiger partial charge in [-0.2, -0.15) is 35.5 Å². The largest absolute Gasteiger partial charge is 0.505 e. The highest BCUT2D eigenvalue weighted by molar-refractivity contribution is 7.94. The van der Waals surface area contributed by atoms with E-state index in [0.717, 1.165) is 42.5 Å². The molecule has 5 aromatic rings. The SMILES string of the molecule is Nc1c(N=Nc2ccc(S(=O)(=O)CCOS(=O)(=O)O)cc2)c(S(=O)(=O)O)cc2cc(SOOO)c(N=Nc3ccc(C(=O)Nc4cccc(S(=O)(=O)CCOS(=O)(=O)O)c4)cc3)c(O)c12. The van der Waals surface area contributed by atoms with Gasteiger partial charge in [-0.3, -0.25) is 18.5 Å². The Morgan fingerprint density at radius 2 is 1.22 bits per heavy atom. The Kier molecular flexibility index (Phi) is 15.7. The van der Waals surface area contributed by atoms with Crippen LogP contribution in [0.3, 0.4) is 0 Å². The number of phenolic OH excluding ortho intramolecular Hbond substituents is 1. The summed E-state index contributed by atoms with van der Waals surface area (Å²) in [6.07, 6.45) is 0. The van der Waals surface area contributed by atoms with Crippen molar-refractivity contribution in [2.75, 3.05) is 35.8 Å². The number of fused-ring (bicyclic) bond motifs is 1. The smallest absolute Gasteiger partial charge is 0.397 e. The third kappa shape index (κ3) is 13.7. The van der Waals surface area contributed by atoms with Crippen LogP contribution in [0.15, 0.2) is 125 Å². The van der Waals surface area contributed by atoms with Gasteiger partial charge in [0.25, 0.3) is 16.0 Å². The van der Waals surface area contributed by atoms with Crippen LogP contribution in [0.4, 0.5) is 34.1 Å². The molecule has 0 heterocycles. The number of carbonyl (C=O) groups excluding carboxylic acids is 1. The third-order valence-corrected chi connectivity index (χ3v) is 14.0. The number of nitrogens with two attached hydrogens (primary N) is 1. The molecule has 8 N–H and O–H groups in total. The van der Waals surface area contributed by atoms with Crippen molar-refractivity contribution in [3.05, 3.63) is 90.5 Å². The van der Waals surface area contributed by atoms with Crippen LogP contribution < -0.4 is 11.1 Å². The molecule has 32 heteroatoms. The maximum absolute atomic E-state index is 13.0. The second kappa shape index (κ2) is 20.3. The number of hydrogen-bond donors (Lipinski definition) is 7. The average Bonchev–Trinajstić information content (AvgIpc) is 3.21. The van der Waals surface area contributed by atoms with Crippen molar-refractivity contribution in [2.45, 2.75) is 19.6 Å². The second-order valence-electron chi connectivity index (χ2n) is 12.6. The molecule has 0 aliphatic heterocycles. The van der Waals surface area contributed by atoms with E-state index in [2.05, 4.69) is 43.5 Å². The van der Waals surface area contributed by atoms with Crippen molar-refractivity contribution in [3.8, 4) is 5.75 Å². The lowest BCUT2D eigenvalue weighted by Gasteiger charge is -2.14.